The predicted molar refractivity (Wildman–Crippen MR) is 38.4 cm³/mol. The standard InChI is InChI=1S/C2H8B3Cl.Rh/c3-5-4-1-2-6;/h4-5H,1-3H2;. The molecule has 0 aliphatic carbocycles. The molecule has 0 aromatic carbocycles. The number of halogens is 1. The van der Waals surface area contributed by atoms with Crippen LogP contribution in [0.5, 0.6) is 0 Å². The molecule has 0 aromatic rings. The second kappa shape index (κ2) is 10.2. The van der Waals surface area contributed by atoms with Crippen LogP contribution in [0.25, 0.3) is 0 Å². The van der Waals surface area contributed by atoms with Gasteiger partial charge in [-0.05, 0) is 0 Å². The van der Waals surface area contributed by atoms with Crippen LogP contribution >= 0.6 is 11.6 Å². The van der Waals surface area contributed by atoms with Crippen LogP contribution in [-0.2, 0) is 19.5 Å². The summed E-state index contributed by atoms with van der Waals surface area (Å²) < 4.78 is 0. The Hall–Kier alpha value is 1.11. The van der Waals surface area contributed by atoms with E-state index in [-0.39, 0.29) is 19.5 Å². The van der Waals surface area contributed by atoms with Crippen LogP contribution in [0.2, 0.25) is 6.32 Å². The molecule has 0 spiro atoms. The van der Waals surface area contributed by atoms with Gasteiger partial charge >= 0.3 is 0 Å². The molecule has 0 bridgehead atoms. The molecule has 1 radical (unpaired) electrons. The third kappa shape index (κ3) is 11.0. The van der Waals surface area contributed by atoms with Crippen LogP contribution in [0, 0.1) is 0 Å². The van der Waals surface area contributed by atoms with E-state index in [9.17, 15) is 0 Å². The van der Waals surface area contributed by atoms with Gasteiger partial charge in [-0.3, -0.25) is 0 Å². The van der Waals surface area contributed by atoms with E-state index in [0.717, 1.165) is 5.88 Å². The average Bonchev–Trinajstić information content (AvgIpc) is 1.61. The van der Waals surface area contributed by atoms with Crippen molar-refractivity contribution in [2.75, 3.05) is 5.88 Å². The van der Waals surface area contributed by atoms with Gasteiger partial charge in [-0.2, -0.15) is 0 Å². The molecule has 0 aliphatic heterocycles. The number of rotatable bonds is 3. The van der Waals surface area contributed by atoms with E-state index < -0.39 is 0 Å². The normalized spacial score (nSPS) is 6.43. The molecule has 0 saturated carbocycles. The molecular weight excluding hydrogens is 195 g/mol. The molecule has 0 aliphatic rings. The Morgan fingerprint density at radius 1 is 1.57 bits per heavy atom. The Morgan fingerprint density at radius 3 is 2.29 bits per heavy atom. The topological polar surface area (TPSA) is 0 Å². The minimum Gasteiger partial charge on any atom is -0.128 e. The van der Waals surface area contributed by atoms with Gasteiger partial charge in [0.2, 0.25) is 0 Å². The first kappa shape index (κ1) is 11.0. The second-order valence-electron chi connectivity index (χ2n) is 1.40. The van der Waals surface area contributed by atoms with E-state index in [0.29, 0.717) is 0 Å². The molecule has 0 N–H and O–H groups in total. The summed E-state index contributed by atoms with van der Waals surface area (Å²) in [6, 6.07) is 0. The van der Waals surface area contributed by atoms with Crippen molar-refractivity contribution < 1.29 is 19.5 Å². The largest absolute Gasteiger partial charge is 0.128 e. The Labute approximate surface area is 65.4 Å². The summed E-state index contributed by atoms with van der Waals surface area (Å²) in [6.45, 7) is 0. The van der Waals surface area contributed by atoms with Gasteiger partial charge in [-0.15, -0.1) is 11.6 Å². The molecule has 7 heavy (non-hydrogen) atoms. The van der Waals surface area contributed by atoms with E-state index in [1.54, 1.807) is 0 Å². The Bertz CT molecular complexity index is 24.9. The molecule has 0 nitrogen and oxygen atoms in total. The maximum absolute atomic E-state index is 5.38. The molecule has 0 heterocycles. The van der Waals surface area contributed by atoms with Crippen molar-refractivity contribution in [3.8, 4) is 0 Å². The van der Waals surface area contributed by atoms with Crippen molar-refractivity contribution in [3.63, 3.8) is 0 Å². The van der Waals surface area contributed by atoms with Gasteiger partial charge in [0.15, 0.2) is 0 Å². The van der Waals surface area contributed by atoms with E-state index in [2.05, 4.69) is 7.74 Å². The van der Waals surface area contributed by atoms with E-state index in [4.69, 9.17) is 11.6 Å². The third-order valence-electron chi connectivity index (χ3n) is 0.737. The molecule has 5 heteroatoms. The summed E-state index contributed by atoms with van der Waals surface area (Å²) in [7, 11) is 4.72. The molecule has 0 fully saturated rings. The van der Waals surface area contributed by atoms with Crippen molar-refractivity contribution >= 4 is 33.6 Å². The Kier molecular flexibility index (Phi) is 15.9. The number of hydrogen-bond acceptors (Lipinski definition) is 0. The molecule has 0 aromatic heterocycles. The Balaban J connectivity index is 0. The molecule has 41 valence electrons. The summed E-state index contributed by atoms with van der Waals surface area (Å²) in [5.74, 6) is 0.827. The maximum Gasteiger partial charge on any atom is 0.0795 e. The quantitative estimate of drug-likeness (QED) is 0.312. The van der Waals surface area contributed by atoms with Crippen LogP contribution in [0.3, 0.4) is 0 Å². The summed E-state index contributed by atoms with van der Waals surface area (Å²) in [5.41, 5.74) is 0. The fourth-order valence-corrected chi connectivity index (χ4v) is 0.533. The molecular formula is C2H8B3ClRh. The first-order valence-electron chi connectivity index (χ1n) is 2.47. The molecule has 0 amide bonds. The smallest absolute Gasteiger partial charge is 0.0795 e. The molecule has 0 saturated heterocycles. The van der Waals surface area contributed by atoms with Gasteiger partial charge < -0.3 is 0 Å². The fraction of sp³-hybridized carbons (Fsp3) is 1.00. The van der Waals surface area contributed by atoms with Crippen molar-refractivity contribution in [3.05, 3.63) is 0 Å². The van der Waals surface area contributed by atoms with Gasteiger partial charge in [-0.1, -0.05) is 6.32 Å². The Morgan fingerprint density at radius 2 is 2.14 bits per heavy atom. The zero-order valence-corrected chi connectivity index (χ0v) is 6.93. The van der Waals surface area contributed by atoms with Crippen LogP contribution in [0.4, 0.5) is 0 Å². The van der Waals surface area contributed by atoms with Crippen LogP contribution in [-0.4, -0.2) is 27.8 Å². The average molecular weight is 203 g/mol. The van der Waals surface area contributed by atoms with Gasteiger partial charge in [0.05, 0.1) is 22.0 Å². The minimum absolute atomic E-state index is 0. The number of hydrogen-bond donors (Lipinski definition) is 0. The van der Waals surface area contributed by atoms with Crippen LogP contribution in [0.15, 0.2) is 0 Å². The van der Waals surface area contributed by atoms with Crippen molar-refractivity contribution in [2.24, 2.45) is 0 Å². The summed E-state index contributed by atoms with van der Waals surface area (Å²) in [6.07, 6.45) is 1.18. The van der Waals surface area contributed by atoms with Gasteiger partial charge in [0.25, 0.3) is 0 Å². The first-order chi connectivity index (χ1) is 2.91. The van der Waals surface area contributed by atoms with E-state index >= 15 is 0 Å². The predicted octanol–water partition coefficient (Wildman–Crippen LogP) is -1.02. The van der Waals surface area contributed by atoms with E-state index in [1.807, 2.05) is 0 Å². The molecule has 0 atom stereocenters. The van der Waals surface area contributed by atoms with Crippen molar-refractivity contribution in [1.82, 2.24) is 0 Å². The molecule has 0 unspecified atom stereocenters. The molecule has 0 rings (SSSR count). The van der Waals surface area contributed by atoms with Crippen molar-refractivity contribution in [1.29, 1.82) is 0 Å². The third-order valence-corrected chi connectivity index (χ3v) is 1.00. The zero-order chi connectivity index (χ0) is 4.83. The van der Waals surface area contributed by atoms with Crippen molar-refractivity contribution in [2.45, 2.75) is 6.32 Å². The SMILES string of the molecule is BBBCCCl.[Rh]. The summed E-state index contributed by atoms with van der Waals surface area (Å²) in [5, 5.41) is 0. The van der Waals surface area contributed by atoms with Crippen LogP contribution < -0.4 is 0 Å². The second-order valence-corrected chi connectivity index (χ2v) is 1.77. The maximum atomic E-state index is 5.38. The van der Waals surface area contributed by atoms with Gasteiger partial charge in [0, 0.05) is 25.4 Å². The first-order valence-corrected chi connectivity index (χ1v) is 3.01. The fourth-order valence-electron chi connectivity index (χ4n) is 0.344. The van der Waals surface area contributed by atoms with Gasteiger partial charge in [0.1, 0.15) is 0 Å². The number of alkyl halides is 1. The summed E-state index contributed by atoms with van der Waals surface area (Å²) in [4.78, 5) is 0. The van der Waals surface area contributed by atoms with E-state index in [1.165, 1.54) is 20.6 Å². The monoisotopic (exact) mass is 203 g/mol. The summed E-state index contributed by atoms with van der Waals surface area (Å²) >= 11 is 5.38. The minimum atomic E-state index is 0. The van der Waals surface area contributed by atoms with Gasteiger partial charge in [-0.25, -0.2) is 0 Å². The van der Waals surface area contributed by atoms with Crippen LogP contribution in [0.1, 0.15) is 0 Å². The zero-order valence-electron chi connectivity index (χ0n) is 4.54.